The molecule has 0 aromatic carbocycles. The molecule has 0 bridgehead atoms. The number of nitrogens with one attached hydrogen (secondary N) is 1. The molecule has 6 nitrogen and oxygen atoms in total. The SMILES string of the molecule is CC[C@@H](CC(=O)O)NC(=O)c1ocnc1C. The Labute approximate surface area is 92.7 Å². The van der Waals surface area contributed by atoms with E-state index >= 15 is 0 Å². The molecule has 0 spiro atoms. The van der Waals surface area contributed by atoms with Crippen molar-refractivity contribution in [2.45, 2.75) is 32.7 Å². The molecule has 1 aromatic rings. The smallest absolute Gasteiger partial charge is 0.305 e. The van der Waals surface area contributed by atoms with Crippen LogP contribution in [0.1, 0.15) is 36.0 Å². The topological polar surface area (TPSA) is 92.4 Å². The summed E-state index contributed by atoms with van der Waals surface area (Å²) in [6.07, 6.45) is 1.63. The van der Waals surface area contributed by atoms with Gasteiger partial charge in [-0.3, -0.25) is 9.59 Å². The maximum atomic E-state index is 11.6. The molecule has 0 aliphatic carbocycles. The van der Waals surface area contributed by atoms with E-state index in [0.29, 0.717) is 12.1 Å². The third kappa shape index (κ3) is 3.08. The molecule has 88 valence electrons. The van der Waals surface area contributed by atoms with Gasteiger partial charge in [0.2, 0.25) is 5.76 Å². The summed E-state index contributed by atoms with van der Waals surface area (Å²) in [4.78, 5) is 25.9. The third-order valence-electron chi connectivity index (χ3n) is 2.20. The molecule has 16 heavy (non-hydrogen) atoms. The second-order valence-electron chi connectivity index (χ2n) is 3.44. The van der Waals surface area contributed by atoms with Crippen LogP contribution in [-0.2, 0) is 4.79 Å². The van der Waals surface area contributed by atoms with Crippen molar-refractivity contribution in [1.82, 2.24) is 10.3 Å². The van der Waals surface area contributed by atoms with Gasteiger partial charge < -0.3 is 14.8 Å². The molecular weight excluding hydrogens is 212 g/mol. The van der Waals surface area contributed by atoms with Crippen LogP contribution in [0.5, 0.6) is 0 Å². The first-order valence-electron chi connectivity index (χ1n) is 4.97. The van der Waals surface area contributed by atoms with Gasteiger partial charge in [-0.15, -0.1) is 0 Å². The quantitative estimate of drug-likeness (QED) is 0.780. The zero-order chi connectivity index (χ0) is 12.1. The molecule has 0 fully saturated rings. The van der Waals surface area contributed by atoms with Crippen molar-refractivity contribution >= 4 is 11.9 Å². The maximum absolute atomic E-state index is 11.6. The summed E-state index contributed by atoms with van der Waals surface area (Å²) in [6, 6.07) is -0.394. The van der Waals surface area contributed by atoms with Gasteiger partial charge in [-0.05, 0) is 13.3 Å². The monoisotopic (exact) mass is 226 g/mol. The molecule has 0 saturated carbocycles. The van der Waals surface area contributed by atoms with Gasteiger partial charge >= 0.3 is 5.97 Å². The van der Waals surface area contributed by atoms with Crippen molar-refractivity contribution in [1.29, 1.82) is 0 Å². The van der Waals surface area contributed by atoms with Crippen LogP contribution in [0.2, 0.25) is 0 Å². The normalized spacial score (nSPS) is 12.1. The maximum Gasteiger partial charge on any atom is 0.305 e. The summed E-state index contributed by atoms with van der Waals surface area (Å²) in [6.45, 7) is 3.46. The van der Waals surface area contributed by atoms with E-state index in [9.17, 15) is 9.59 Å². The van der Waals surface area contributed by atoms with E-state index in [0.717, 1.165) is 0 Å². The van der Waals surface area contributed by atoms with Crippen molar-refractivity contribution < 1.29 is 19.1 Å². The molecule has 0 aliphatic rings. The van der Waals surface area contributed by atoms with E-state index < -0.39 is 17.9 Å². The number of aryl methyl sites for hydroxylation is 1. The predicted octanol–water partition coefficient (Wildman–Crippen LogP) is 0.966. The Morgan fingerprint density at radius 1 is 1.62 bits per heavy atom. The zero-order valence-electron chi connectivity index (χ0n) is 9.19. The van der Waals surface area contributed by atoms with E-state index in [2.05, 4.69) is 10.3 Å². The number of carbonyl (C=O) groups excluding carboxylic acids is 1. The molecular formula is C10H14N2O4. The molecule has 0 radical (unpaired) electrons. The Bertz CT molecular complexity index is 386. The molecule has 0 saturated heterocycles. The Kier molecular flexibility index (Phi) is 4.04. The zero-order valence-corrected chi connectivity index (χ0v) is 9.19. The lowest BCUT2D eigenvalue weighted by molar-refractivity contribution is -0.137. The van der Waals surface area contributed by atoms with Crippen molar-refractivity contribution in [3.8, 4) is 0 Å². The van der Waals surface area contributed by atoms with Gasteiger partial charge in [0.25, 0.3) is 5.91 Å². The Morgan fingerprint density at radius 2 is 2.31 bits per heavy atom. The number of aliphatic carboxylic acids is 1. The second kappa shape index (κ2) is 5.29. The molecule has 1 atom stereocenters. The number of hydrogen-bond donors (Lipinski definition) is 2. The van der Waals surface area contributed by atoms with Gasteiger partial charge in [-0.25, -0.2) is 4.98 Å². The lowest BCUT2D eigenvalue weighted by Gasteiger charge is -2.13. The standard InChI is InChI=1S/C10H14N2O4/c1-3-7(4-8(13)14)12-10(15)9-6(2)11-5-16-9/h5,7H,3-4H2,1-2H3,(H,12,15)(H,13,14)/t7-/m0/s1. The van der Waals surface area contributed by atoms with Crippen molar-refractivity contribution in [2.24, 2.45) is 0 Å². The molecule has 2 N–H and O–H groups in total. The number of carboxylic acid groups (broad SMARTS) is 1. The van der Waals surface area contributed by atoms with Crippen molar-refractivity contribution in [3.63, 3.8) is 0 Å². The number of hydrogen-bond acceptors (Lipinski definition) is 4. The first kappa shape index (κ1) is 12.2. The van der Waals surface area contributed by atoms with Crippen LogP contribution in [0.4, 0.5) is 0 Å². The summed E-state index contributed by atoms with van der Waals surface area (Å²) in [5.74, 6) is -1.24. The van der Waals surface area contributed by atoms with E-state index in [4.69, 9.17) is 9.52 Å². The highest BCUT2D eigenvalue weighted by molar-refractivity contribution is 5.92. The molecule has 6 heteroatoms. The van der Waals surface area contributed by atoms with Gasteiger partial charge in [0.05, 0.1) is 12.1 Å². The highest BCUT2D eigenvalue weighted by Crippen LogP contribution is 2.06. The number of carbonyl (C=O) groups is 2. The highest BCUT2D eigenvalue weighted by atomic mass is 16.4. The van der Waals surface area contributed by atoms with Crippen LogP contribution in [0.15, 0.2) is 10.8 Å². The van der Waals surface area contributed by atoms with E-state index in [-0.39, 0.29) is 12.2 Å². The average molecular weight is 226 g/mol. The number of aromatic nitrogens is 1. The Morgan fingerprint density at radius 3 is 2.75 bits per heavy atom. The van der Waals surface area contributed by atoms with Crippen LogP contribution in [-0.4, -0.2) is 28.0 Å². The van der Waals surface area contributed by atoms with E-state index in [1.807, 2.05) is 0 Å². The number of rotatable bonds is 5. The molecule has 1 aromatic heterocycles. The average Bonchev–Trinajstić information content (AvgIpc) is 2.62. The van der Waals surface area contributed by atoms with Gasteiger partial charge in [0, 0.05) is 6.04 Å². The summed E-state index contributed by atoms with van der Waals surface area (Å²) in [5, 5.41) is 11.2. The fraction of sp³-hybridized carbons (Fsp3) is 0.500. The lowest BCUT2D eigenvalue weighted by atomic mass is 10.1. The van der Waals surface area contributed by atoms with E-state index in [1.54, 1.807) is 13.8 Å². The minimum Gasteiger partial charge on any atom is -0.481 e. The number of oxazole rings is 1. The van der Waals surface area contributed by atoms with Gasteiger partial charge in [0.1, 0.15) is 0 Å². The number of amides is 1. The fourth-order valence-corrected chi connectivity index (χ4v) is 1.28. The third-order valence-corrected chi connectivity index (χ3v) is 2.20. The highest BCUT2D eigenvalue weighted by Gasteiger charge is 2.19. The van der Waals surface area contributed by atoms with Crippen LogP contribution in [0.25, 0.3) is 0 Å². The number of carboxylic acids is 1. The van der Waals surface area contributed by atoms with Crippen molar-refractivity contribution in [2.75, 3.05) is 0 Å². The summed E-state index contributed by atoms with van der Waals surface area (Å²) in [5.41, 5.74) is 0.489. The summed E-state index contributed by atoms with van der Waals surface area (Å²) >= 11 is 0. The molecule has 0 unspecified atom stereocenters. The molecule has 1 rings (SSSR count). The van der Waals surface area contributed by atoms with Gasteiger partial charge in [-0.2, -0.15) is 0 Å². The summed E-state index contributed by atoms with van der Waals surface area (Å²) < 4.78 is 4.91. The molecule has 0 aliphatic heterocycles. The van der Waals surface area contributed by atoms with Crippen LogP contribution < -0.4 is 5.32 Å². The van der Waals surface area contributed by atoms with Crippen LogP contribution >= 0.6 is 0 Å². The van der Waals surface area contributed by atoms with Crippen molar-refractivity contribution in [3.05, 3.63) is 17.8 Å². The van der Waals surface area contributed by atoms with Gasteiger partial charge in [0.15, 0.2) is 6.39 Å². The van der Waals surface area contributed by atoms with Gasteiger partial charge in [-0.1, -0.05) is 6.92 Å². The molecule has 1 amide bonds. The second-order valence-corrected chi connectivity index (χ2v) is 3.44. The predicted molar refractivity (Wildman–Crippen MR) is 55.0 cm³/mol. The fourth-order valence-electron chi connectivity index (χ4n) is 1.28. The largest absolute Gasteiger partial charge is 0.481 e. The van der Waals surface area contributed by atoms with Crippen LogP contribution in [0, 0.1) is 6.92 Å². The van der Waals surface area contributed by atoms with E-state index in [1.165, 1.54) is 6.39 Å². The molecule has 1 heterocycles. The Hall–Kier alpha value is -1.85. The minimum absolute atomic E-state index is 0.102. The lowest BCUT2D eigenvalue weighted by Crippen LogP contribution is -2.36. The number of nitrogens with zero attached hydrogens (tertiary/aromatic N) is 1. The summed E-state index contributed by atoms with van der Waals surface area (Å²) in [7, 11) is 0. The van der Waals surface area contributed by atoms with Crippen LogP contribution in [0.3, 0.4) is 0 Å². The minimum atomic E-state index is -0.943. The first-order valence-corrected chi connectivity index (χ1v) is 4.97. The first-order chi connectivity index (χ1) is 7.54. The Balaban J connectivity index is 2.62.